The fraction of sp³-hybridized carbons (Fsp3) is 0.238. The summed E-state index contributed by atoms with van der Waals surface area (Å²) in [5, 5.41) is 16.5. The van der Waals surface area contributed by atoms with Crippen LogP contribution in [-0.2, 0) is 6.54 Å². The number of amides is 1. The molecule has 0 saturated heterocycles. The number of methoxy groups -OCH3 is 2. The third-order valence-corrected chi connectivity index (χ3v) is 4.36. The second kappa shape index (κ2) is 8.91. The number of rotatable bonds is 7. The first kappa shape index (κ1) is 21.3. The number of hydrogen-bond donors (Lipinski definition) is 2. The van der Waals surface area contributed by atoms with Crippen LogP contribution in [0.5, 0.6) is 11.5 Å². The molecule has 2 N–H and O–H groups in total. The molecule has 0 unspecified atom stereocenters. The van der Waals surface area contributed by atoms with Gasteiger partial charge in [0.2, 0.25) is 0 Å². The van der Waals surface area contributed by atoms with Gasteiger partial charge in [-0.1, -0.05) is 5.16 Å². The molecule has 9 heteroatoms. The molecule has 2 aromatic carbocycles. The zero-order valence-corrected chi connectivity index (χ0v) is 16.5. The Labute approximate surface area is 171 Å². The molecule has 0 bridgehead atoms. The summed E-state index contributed by atoms with van der Waals surface area (Å²) in [5.41, 5.74) is 0.915. The van der Waals surface area contributed by atoms with Crippen molar-refractivity contribution in [3.05, 3.63) is 64.9 Å². The van der Waals surface area contributed by atoms with Crippen LogP contribution in [0, 0.1) is 11.6 Å². The summed E-state index contributed by atoms with van der Waals surface area (Å²) in [6.07, 6.45) is -1.11. The molecular weight excluding hydrogens is 398 g/mol. The first-order chi connectivity index (χ1) is 14.3. The van der Waals surface area contributed by atoms with Crippen LogP contribution in [0.25, 0.3) is 11.3 Å². The smallest absolute Gasteiger partial charge is 0.257 e. The lowest BCUT2D eigenvalue weighted by Crippen LogP contribution is -2.24. The van der Waals surface area contributed by atoms with Gasteiger partial charge in [0.25, 0.3) is 5.91 Å². The minimum Gasteiger partial charge on any atom is -0.493 e. The summed E-state index contributed by atoms with van der Waals surface area (Å²) in [6, 6.07) is 7.88. The summed E-state index contributed by atoms with van der Waals surface area (Å²) in [7, 11) is 2.96. The molecule has 1 atom stereocenters. The fourth-order valence-electron chi connectivity index (χ4n) is 2.97. The van der Waals surface area contributed by atoms with Crippen LogP contribution in [-0.4, -0.2) is 30.4 Å². The molecule has 0 aliphatic carbocycles. The Balaban J connectivity index is 1.95. The average molecular weight is 418 g/mol. The van der Waals surface area contributed by atoms with E-state index in [4.69, 9.17) is 14.0 Å². The number of carbonyl (C=O) groups excluding carboxylic acids is 1. The number of nitrogens with one attached hydrogen (secondary N) is 1. The van der Waals surface area contributed by atoms with Crippen molar-refractivity contribution in [2.24, 2.45) is 0 Å². The molecule has 1 aromatic heterocycles. The Bertz CT molecular complexity index is 1050. The summed E-state index contributed by atoms with van der Waals surface area (Å²) >= 11 is 0. The molecule has 3 rings (SSSR count). The maximum Gasteiger partial charge on any atom is 0.257 e. The van der Waals surface area contributed by atoms with Crippen molar-refractivity contribution in [2.75, 3.05) is 14.2 Å². The van der Waals surface area contributed by atoms with Crippen molar-refractivity contribution in [3.63, 3.8) is 0 Å². The maximum atomic E-state index is 13.4. The van der Waals surface area contributed by atoms with E-state index in [1.807, 2.05) is 0 Å². The third kappa shape index (κ3) is 4.41. The molecule has 3 aromatic rings. The van der Waals surface area contributed by atoms with E-state index in [1.165, 1.54) is 21.1 Å². The van der Waals surface area contributed by atoms with Gasteiger partial charge < -0.3 is 24.4 Å². The van der Waals surface area contributed by atoms with Crippen molar-refractivity contribution in [3.8, 4) is 22.8 Å². The highest BCUT2D eigenvalue weighted by atomic mass is 19.1. The summed E-state index contributed by atoms with van der Waals surface area (Å²) in [4.78, 5) is 12.9. The number of halogens is 2. The monoisotopic (exact) mass is 418 g/mol. The Morgan fingerprint density at radius 2 is 1.80 bits per heavy atom. The number of ether oxygens (including phenoxy) is 2. The van der Waals surface area contributed by atoms with Gasteiger partial charge in [0.15, 0.2) is 17.3 Å². The number of aliphatic hydroxyl groups is 1. The first-order valence-corrected chi connectivity index (χ1v) is 8.97. The van der Waals surface area contributed by atoms with Gasteiger partial charge in [-0.05, 0) is 42.8 Å². The van der Waals surface area contributed by atoms with Crippen molar-refractivity contribution in [1.29, 1.82) is 0 Å². The molecule has 1 heterocycles. The maximum absolute atomic E-state index is 13.4. The van der Waals surface area contributed by atoms with Crippen molar-refractivity contribution >= 4 is 5.91 Å². The molecule has 0 fully saturated rings. The van der Waals surface area contributed by atoms with E-state index in [1.54, 1.807) is 18.2 Å². The summed E-state index contributed by atoms with van der Waals surface area (Å²) in [6.45, 7) is 1.29. The van der Waals surface area contributed by atoms with Gasteiger partial charge in [-0.25, -0.2) is 8.78 Å². The van der Waals surface area contributed by atoms with Crippen LogP contribution in [0.1, 0.15) is 34.7 Å². The standard InChI is InChI=1S/C21H20F2N2O5/c1-11(26)20-18(21(27)24-10-12-6-14(22)9-15(23)7-12)19(25-30-20)13-4-5-16(28-2)17(8-13)29-3/h4-9,11,26H,10H2,1-3H3,(H,24,27)/t11-/m0/s1. The van der Waals surface area contributed by atoms with Gasteiger partial charge >= 0.3 is 0 Å². The van der Waals surface area contributed by atoms with Crippen molar-refractivity contribution in [2.45, 2.75) is 19.6 Å². The SMILES string of the molecule is COc1ccc(-c2noc([C@H](C)O)c2C(=O)NCc2cc(F)cc(F)c2)cc1OC. The lowest BCUT2D eigenvalue weighted by molar-refractivity contribution is 0.0938. The van der Waals surface area contributed by atoms with Crippen LogP contribution in [0.15, 0.2) is 40.9 Å². The highest BCUT2D eigenvalue weighted by Gasteiger charge is 2.27. The zero-order valence-electron chi connectivity index (χ0n) is 16.5. The third-order valence-electron chi connectivity index (χ3n) is 4.36. The van der Waals surface area contributed by atoms with E-state index in [0.717, 1.165) is 18.2 Å². The van der Waals surface area contributed by atoms with E-state index >= 15 is 0 Å². The Morgan fingerprint density at radius 3 is 2.40 bits per heavy atom. The van der Waals surface area contributed by atoms with Gasteiger partial charge in [-0.3, -0.25) is 4.79 Å². The van der Waals surface area contributed by atoms with Gasteiger partial charge in [0.05, 0.1) is 14.2 Å². The number of hydrogen-bond acceptors (Lipinski definition) is 6. The molecular formula is C21H20F2N2O5. The second-order valence-electron chi connectivity index (χ2n) is 6.48. The zero-order chi connectivity index (χ0) is 21.8. The van der Waals surface area contributed by atoms with Gasteiger partial charge in [0, 0.05) is 18.2 Å². The first-order valence-electron chi connectivity index (χ1n) is 8.97. The molecule has 0 aliphatic heterocycles. The quantitative estimate of drug-likeness (QED) is 0.609. The largest absolute Gasteiger partial charge is 0.493 e. The van der Waals surface area contributed by atoms with Crippen LogP contribution in [0.4, 0.5) is 8.78 Å². The molecule has 0 aliphatic rings. The van der Waals surface area contributed by atoms with Crippen LogP contribution < -0.4 is 14.8 Å². The summed E-state index contributed by atoms with van der Waals surface area (Å²) < 4.78 is 42.4. The molecule has 30 heavy (non-hydrogen) atoms. The Hall–Kier alpha value is -3.46. The van der Waals surface area contributed by atoms with Crippen LogP contribution >= 0.6 is 0 Å². The number of carbonyl (C=O) groups is 1. The molecule has 7 nitrogen and oxygen atoms in total. The molecule has 158 valence electrons. The Morgan fingerprint density at radius 1 is 1.13 bits per heavy atom. The van der Waals surface area contributed by atoms with E-state index in [9.17, 15) is 18.7 Å². The second-order valence-corrected chi connectivity index (χ2v) is 6.48. The predicted octanol–water partition coefficient (Wildman–Crippen LogP) is 3.62. The highest BCUT2D eigenvalue weighted by Crippen LogP contribution is 2.35. The number of benzene rings is 2. The van der Waals surface area contributed by atoms with E-state index in [-0.39, 0.29) is 29.1 Å². The fourth-order valence-corrected chi connectivity index (χ4v) is 2.97. The number of aliphatic hydroxyl groups excluding tert-OH is 1. The predicted molar refractivity (Wildman–Crippen MR) is 103 cm³/mol. The normalized spacial score (nSPS) is 11.8. The molecule has 0 spiro atoms. The van der Waals surface area contributed by atoms with E-state index in [2.05, 4.69) is 10.5 Å². The number of aromatic nitrogens is 1. The minimum absolute atomic E-state index is 0.00842. The van der Waals surface area contributed by atoms with Crippen molar-refractivity contribution in [1.82, 2.24) is 10.5 Å². The van der Waals surface area contributed by atoms with E-state index in [0.29, 0.717) is 17.1 Å². The molecule has 0 radical (unpaired) electrons. The van der Waals surface area contributed by atoms with Gasteiger partial charge in [-0.2, -0.15) is 0 Å². The minimum atomic E-state index is -1.11. The van der Waals surface area contributed by atoms with Gasteiger partial charge in [-0.15, -0.1) is 0 Å². The van der Waals surface area contributed by atoms with Crippen LogP contribution in [0.2, 0.25) is 0 Å². The summed E-state index contributed by atoms with van der Waals surface area (Å²) in [5.74, 6) is -1.26. The van der Waals surface area contributed by atoms with Crippen molar-refractivity contribution < 1.29 is 32.7 Å². The number of nitrogens with zero attached hydrogens (tertiary/aromatic N) is 1. The van der Waals surface area contributed by atoms with Gasteiger partial charge in [0.1, 0.15) is 29.0 Å². The molecule has 1 amide bonds. The van der Waals surface area contributed by atoms with E-state index < -0.39 is 23.6 Å². The Kier molecular flexibility index (Phi) is 6.31. The highest BCUT2D eigenvalue weighted by molar-refractivity contribution is 6.01. The topological polar surface area (TPSA) is 93.8 Å². The van der Waals surface area contributed by atoms with Crippen LogP contribution in [0.3, 0.4) is 0 Å². The average Bonchev–Trinajstić information content (AvgIpc) is 3.16. The lowest BCUT2D eigenvalue weighted by Gasteiger charge is -2.10. The lowest BCUT2D eigenvalue weighted by atomic mass is 10.0. The molecule has 0 saturated carbocycles.